The summed E-state index contributed by atoms with van der Waals surface area (Å²) in [6, 6.07) is 13.7. The molecule has 0 aliphatic carbocycles. The molecule has 16 heavy (non-hydrogen) atoms. The summed E-state index contributed by atoms with van der Waals surface area (Å²) in [5.41, 5.74) is 0.833. The Hall–Kier alpha value is -0.0751. The Morgan fingerprint density at radius 2 is 1.50 bits per heavy atom. The maximum absolute atomic E-state index is 6.17. The van der Waals surface area contributed by atoms with Crippen LogP contribution in [0.1, 0.15) is 0 Å². The van der Waals surface area contributed by atoms with Crippen molar-refractivity contribution in [3.63, 3.8) is 0 Å². The van der Waals surface area contributed by atoms with Gasteiger partial charge in [-0.3, -0.25) is 0 Å². The van der Waals surface area contributed by atoms with Crippen molar-refractivity contribution in [1.29, 1.82) is 0 Å². The second-order valence-electron chi connectivity index (χ2n) is 3.47. The topological polar surface area (TPSA) is 0 Å². The zero-order valence-corrected chi connectivity index (χ0v) is 11.2. The van der Waals surface area contributed by atoms with Crippen LogP contribution in [0.3, 0.4) is 0 Å². The summed E-state index contributed by atoms with van der Waals surface area (Å²) in [6.45, 7) is 0. The molecule has 2 aromatic carbocycles. The Kier molecular flexibility index (Phi) is 3.61. The Labute approximate surface area is 114 Å². The van der Waals surface area contributed by atoms with Crippen LogP contribution in [0, 0.1) is 0 Å². The largest absolute Gasteiger partial charge is 0.342 e. The van der Waals surface area contributed by atoms with Crippen molar-refractivity contribution in [3.8, 4) is 0 Å². The van der Waals surface area contributed by atoms with Crippen LogP contribution in [-0.4, -0.2) is 9.82 Å². The molecule has 0 unspecified atom stereocenters. The summed E-state index contributed by atoms with van der Waals surface area (Å²) >= 11 is 23.6. The van der Waals surface area contributed by atoms with Crippen LogP contribution in [0.25, 0.3) is 10.8 Å². The van der Waals surface area contributed by atoms with Crippen LogP contribution in [0.2, 0.25) is 0 Å². The van der Waals surface area contributed by atoms with E-state index >= 15 is 0 Å². The first-order chi connectivity index (χ1) is 7.50. The zero-order chi connectivity index (χ0) is 11.8. The van der Waals surface area contributed by atoms with Crippen molar-refractivity contribution in [2.45, 2.75) is 3.69 Å². The quantitative estimate of drug-likeness (QED) is 0.546. The van der Waals surface area contributed by atoms with Gasteiger partial charge in [-0.1, -0.05) is 77.3 Å². The Morgan fingerprint density at radius 1 is 0.875 bits per heavy atom. The predicted octanol–water partition coefficient (Wildman–Crippen LogP) is 4.19. The Bertz CT molecular complexity index is 501. The van der Waals surface area contributed by atoms with Crippen LogP contribution in [0.5, 0.6) is 0 Å². The van der Waals surface area contributed by atoms with E-state index in [1.54, 1.807) is 0 Å². The number of rotatable bonds is 1. The van der Waals surface area contributed by atoms with Crippen LogP contribution in [-0.2, 0) is 0 Å². The van der Waals surface area contributed by atoms with Crippen molar-refractivity contribution in [1.82, 2.24) is 0 Å². The number of halogens is 4. The molecule has 0 spiro atoms. The lowest BCUT2D eigenvalue weighted by Crippen LogP contribution is -2.38. The average Bonchev–Trinajstić information content (AvgIpc) is 2.26. The van der Waals surface area contributed by atoms with Gasteiger partial charge in [0.1, 0.15) is 0 Å². The molecular formula is C11H7BCl4. The van der Waals surface area contributed by atoms with E-state index in [2.05, 4.69) is 0 Å². The fourth-order valence-electron chi connectivity index (χ4n) is 1.65. The molecule has 0 fully saturated rings. The third kappa shape index (κ3) is 2.43. The number of hydrogen-bond donors (Lipinski definition) is 0. The zero-order valence-electron chi connectivity index (χ0n) is 8.13. The van der Waals surface area contributed by atoms with E-state index in [1.165, 1.54) is 0 Å². The predicted molar refractivity (Wildman–Crippen MR) is 75.5 cm³/mol. The highest BCUT2D eigenvalue weighted by atomic mass is 35.6. The molecule has 0 aliphatic rings. The van der Waals surface area contributed by atoms with Gasteiger partial charge < -0.3 is 0 Å². The highest BCUT2D eigenvalue weighted by Gasteiger charge is 2.37. The third-order valence-electron chi connectivity index (χ3n) is 2.38. The SMILES string of the molecule is ClB(c1cccc2ccccc12)C(Cl)(Cl)Cl. The third-order valence-corrected chi connectivity index (χ3v) is 3.94. The second kappa shape index (κ2) is 4.66. The van der Waals surface area contributed by atoms with Gasteiger partial charge in [-0.2, -0.15) is 11.5 Å². The molecule has 0 atom stereocenters. The highest BCUT2D eigenvalue weighted by molar-refractivity contribution is 7.26. The summed E-state index contributed by atoms with van der Waals surface area (Å²) in [6.07, 6.45) is -0.663. The van der Waals surface area contributed by atoms with Crippen molar-refractivity contribution in [2.75, 3.05) is 0 Å². The standard InChI is InChI=1S/C11H7BCl4/c13-11(14,15)12(16)10-7-3-5-8-4-1-2-6-9(8)10/h1-7H. The molecule has 0 N–H and O–H groups in total. The lowest BCUT2D eigenvalue weighted by atomic mass is 9.68. The first-order valence-electron chi connectivity index (χ1n) is 4.68. The Morgan fingerprint density at radius 3 is 2.19 bits per heavy atom. The van der Waals surface area contributed by atoms with Crippen LogP contribution in [0.4, 0.5) is 0 Å². The van der Waals surface area contributed by atoms with Crippen molar-refractivity contribution in [3.05, 3.63) is 42.5 Å². The van der Waals surface area contributed by atoms with Gasteiger partial charge in [0.25, 0.3) is 0 Å². The minimum atomic E-state index is -1.51. The molecule has 2 aromatic rings. The first kappa shape index (κ1) is 12.4. The number of benzene rings is 2. The van der Waals surface area contributed by atoms with E-state index in [-0.39, 0.29) is 0 Å². The van der Waals surface area contributed by atoms with Crippen molar-refractivity contribution < 1.29 is 0 Å². The van der Waals surface area contributed by atoms with E-state index in [0.717, 1.165) is 16.2 Å². The van der Waals surface area contributed by atoms with Gasteiger partial charge in [-0.25, -0.2) is 0 Å². The monoisotopic (exact) mass is 290 g/mol. The van der Waals surface area contributed by atoms with Gasteiger partial charge in [0.15, 0.2) is 3.69 Å². The van der Waals surface area contributed by atoms with E-state index in [0.29, 0.717) is 0 Å². The molecule has 0 nitrogen and oxygen atoms in total. The van der Waals surface area contributed by atoms with Gasteiger partial charge in [-0.15, -0.1) is 0 Å². The van der Waals surface area contributed by atoms with E-state index in [1.807, 2.05) is 42.5 Å². The summed E-state index contributed by atoms with van der Waals surface area (Å²) in [5, 5.41) is 2.09. The van der Waals surface area contributed by atoms with E-state index in [4.69, 9.17) is 46.3 Å². The highest BCUT2D eigenvalue weighted by Crippen LogP contribution is 2.32. The number of alkyl halides is 3. The van der Waals surface area contributed by atoms with E-state index < -0.39 is 9.82 Å². The minimum absolute atomic E-state index is 0.663. The van der Waals surface area contributed by atoms with Gasteiger partial charge in [-0.05, 0) is 16.2 Å². The maximum atomic E-state index is 6.17. The molecule has 0 saturated heterocycles. The summed E-state index contributed by atoms with van der Waals surface area (Å²) in [5.74, 6) is 0. The van der Waals surface area contributed by atoms with Gasteiger partial charge in [0.2, 0.25) is 0 Å². The van der Waals surface area contributed by atoms with E-state index in [9.17, 15) is 0 Å². The lowest BCUT2D eigenvalue weighted by molar-refractivity contribution is 1.68. The molecule has 0 amide bonds. The van der Waals surface area contributed by atoms with Crippen molar-refractivity contribution >= 4 is 68.6 Å². The second-order valence-corrected chi connectivity index (χ2v) is 6.28. The number of hydrogen-bond acceptors (Lipinski definition) is 0. The maximum Gasteiger partial charge on any atom is 0.342 e. The average molecular weight is 292 g/mol. The van der Waals surface area contributed by atoms with Crippen LogP contribution in [0.15, 0.2) is 42.5 Å². The molecule has 0 aliphatic heterocycles. The lowest BCUT2D eigenvalue weighted by Gasteiger charge is -2.16. The van der Waals surface area contributed by atoms with Gasteiger partial charge in [0.05, 0.1) is 0 Å². The molecule has 0 bridgehead atoms. The molecule has 82 valence electrons. The summed E-state index contributed by atoms with van der Waals surface area (Å²) in [7, 11) is 0. The molecule has 0 saturated carbocycles. The minimum Gasteiger partial charge on any atom is -0.183 e. The van der Waals surface area contributed by atoms with Crippen LogP contribution < -0.4 is 5.46 Å². The molecule has 5 heteroatoms. The fourth-order valence-corrected chi connectivity index (χ4v) is 2.19. The first-order valence-corrected chi connectivity index (χ1v) is 6.25. The summed E-state index contributed by atoms with van der Waals surface area (Å²) in [4.78, 5) is 0. The Balaban J connectivity index is 2.61. The van der Waals surface area contributed by atoms with Crippen molar-refractivity contribution in [2.24, 2.45) is 0 Å². The van der Waals surface area contributed by atoms with Gasteiger partial charge >= 0.3 is 6.13 Å². The molecule has 2 rings (SSSR count). The molecule has 0 aromatic heterocycles. The molecular weight excluding hydrogens is 285 g/mol. The fraction of sp³-hybridized carbons (Fsp3) is 0.0909. The van der Waals surface area contributed by atoms with Crippen LogP contribution >= 0.6 is 46.3 Å². The molecule has 0 radical (unpaired) electrons. The smallest absolute Gasteiger partial charge is 0.183 e. The normalized spacial score (nSPS) is 11.8. The summed E-state index contributed by atoms with van der Waals surface area (Å²) < 4.78 is -1.51. The number of fused-ring (bicyclic) bond motifs is 1. The molecule has 0 heterocycles. The van der Waals surface area contributed by atoms with Gasteiger partial charge in [0, 0.05) is 0 Å².